The van der Waals surface area contributed by atoms with Crippen molar-refractivity contribution < 1.29 is 85.2 Å². The van der Waals surface area contributed by atoms with Crippen molar-refractivity contribution in [1.29, 1.82) is 0 Å². The molecule has 0 saturated carbocycles. The fourth-order valence-corrected chi connectivity index (χ4v) is 4.41. The summed E-state index contributed by atoms with van der Waals surface area (Å²) in [4.78, 5) is 19.7. The van der Waals surface area contributed by atoms with Gasteiger partial charge in [-0.2, -0.15) is 80.4 Å². The summed E-state index contributed by atoms with van der Waals surface area (Å²) in [5.41, 5.74) is -13.2. The molecule has 11 nitrogen and oxygen atoms in total. The second-order valence-corrected chi connectivity index (χ2v) is 10.8. The highest BCUT2D eigenvalue weighted by Crippen LogP contribution is 2.49. The SMILES string of the molecule is C.Cc1cc(-n2nc(C(F)(F)C(F)(F)F)cc2C(F)(F)F)ccc1[N+](=O)[O-].Cc1cc(N2N=C(C(F)(F)C(F)(F)F)CC2(O)C(F)(F)F)ccc1[N+](=O)[O-]. The zero-order valence-electron chi connectivity index (χ0n) is 25.6. The molecule has 0 aliphatic carbocycles. The molecule has 3 aromatic rings. The van der Waals surface area contributed by atoms with Gasteiger partial charge in [-0.1, -0.05) is 7.43 Å². The van der Waals surface area contributed by atoms with Crippen molar-refractivity contribution in [2.45, 2.75) is 70.0 Å². The van der Waals surface area contributed by atoms with E-state index < -0.39 is 109 Å². The van der Waals surface area contributed by atoms with E-state index in [9.17, 15) is 95.6 Å². The standard InChI is InChI=1S/C13H9F8N3O3.C13H7F8N3O2.CH4/c1-6-4-7(2-3-8(6)24(26)27)23-10(25,12(16,17)18)5-9(22-23)11(14,15)13(19,20)21;1-6-4-7(2-3-8(6)24(25)26)23-10(12(16,17)18)5-9(22-23)11(14,15)13(19,20)21;/h2-4,25H,5H2,1H3;2-5H,1H3;1H4. The number of halogens is 16. The average molecular weight is 812 g/mol. The molecule has 1 unspecified atom stereocenters. The Hall–Kier alpha value is -5.24. The first kappa shape index (κ1) is 44.9. The first-order valence-electron chi connectivity index (χ1n) is 13.4. The summed E-state index contributed by atoms with van der Waals surface area (Å²) in [7, 11) is 0. The highest BCUT2D eigenvalue weighted by atomic mass is 19.4. The third-order valence-electron chi connectivity index (χ3n) is 7.08. The quantitative estimate of drug-likeness (QED) is 0.149. The average Bonchev–Trinajstić information content (AvgIpc) is 3.60. The third kappa shape index (κ3) is 8.28. The molecule has 1 aliphatic rings. The lowest BCUT2D eigenvalue weighted by Gasteiger charge is -2.34. The summed E-state index contributed by atoms with van der Waals surface area (Å²) in [6, 6.07) is 3.99. The van der Waals surface area contributed by atoms with E-state index in [0.29, 0.717) is 18.2 Å². The molecule has 0 fully saturated rings. The van der Waals surface area contributed by atoms with Gasteiger partial charge in [0.25, 0.3) is 17.1 Å². The molecule has 54 heavy (non-hydrogen) atoms. The molecule has 1 aliphatic heterocycles. The number of aliphatic hydroxyl groups is 1. The lowest BCUT2D eigenvalue weighted by atomic mass is 10.0. The molecule has 1 aromatic heterocycles. The smallest absolute Gasteiger partial charge is 0.362 e. The number of nitro groups is 2. The molecule has 2 heterocycles. The number of anilines is 1. The van der Waals surface area contributed by atoms with E-state index >= 15 is 0 Å². The molecule has 0 spiro atoms. The van der Waals surface area contributed by atoms with Gasteiger partial charge in [0.05, 0.1) is 27.6 Å². The Morgan fingerprint density at radius 1 is 0.704 bits per heavy atom. The summed E-state index contributed by atoms with van der Waals surface area (Å²) in [6.07, 6.45) is -25.5. The van der Waals surface area contributed by atoms with Crippen LogP contribution in [0, 0.1) is 34.1 Å². The molecule has 1 N–H and O–H groups in total. The van der Waals surface area contributed by atoms with Crippen LogP contribution in [-0.2, 0) is 12.1 Å². The third-order valence-corrected chi connectivity index (χ3v) is 7.08. The zero-order valence-corrected chi connectivity index (χ0v) is 25.6. The summed E-state index contributed by atoms with van der Waals surface area (Å²) in [5.74, 6) is -11.3. The normalized spacial score (nSPS) is 17.0. The molecule has 300 valence electrons. The van der Waals surface area contributed by atoms with E-state index in [0.717, 1.165) is 32.0 Å². The van der Waals surface area contributed by atoms with Crippen molar-refractivity contribution in [3.63, 3.8) is 0 Å². The van der Waals surface area contributed by atoms with E-state index in [1.54, 1.807) is 0 Å². The van der Waals surface area contributed by atoms with Crippen molar-refractivity contribution in [3.05, 3.63) is 85.2 Å². The Morgan fingerprint density at radius 2 is 1.13 bits per heavy atom. The van der Waals surface area contributed by atoms with Crippen LogP contribution in [0.1, 0.15) is 36.4 Å². The Kier molecular flexibility index (Phi) is 11.8. The fourth-order valence-electron chi connectivity index (χ4n) is 4.41. The number of benzene rings is 2. The number of nitrogens with zero attached hydrogens (tertiary/aromatic N) is 6. The number of aryl methyl sites for hydroxylation is 2. The first-order valence-corrected chi connectivity index (χ1v) is 13.4. The summed E-state index contributed by atoms with van der Waals surface area (Å²) >= 11 is 0. The molecule has 27 heteroatoms. The van der Waals surface area contributed by atoms with E-state index in [1.807, 2.05) is 0 Å². The lowest BCUT2D eigenvalue weighted by Crippen LogP contribution is -2.56. The minimum atomic E-state index is -6.24. The van der Waals surface area contributed by atoms with Gasteiger partial charge >= 0.3 is 36.6 Å². The molecule has 0 radical (unpaired) electrons. The van der Waals surface area contributed by atoms with E-state index in [4.69, 9.17) is 0 Å². The minimum absolute atomic E-state index is 0. The number of aromatic nitrogens is 2. The maximum atomic E-state index is 13.5. The molecular weight excluding hydrogens is 792 g/mol. The van der Waals surface area contributed by atoms with E-state index in [1.165, 1.54) is 0 Å². The van der Waals surface area contributed by atoms with Gasteiger partial charge in [0.15, 0.2) is 0 Å². The monoisotopic (exact) mass is 812 g/mol. The van der Waals surface area contributed by atoms with Crippen LogP contribution in [-0.4, -0.2) is 60.6 Å². The van der Waals surface area contributed by atoms with Crippen LogP contribution in [0.4, 0.5) is 87.3 Å². The Labute approximate surface area is 289 Å². The summed E-state index contributed by atoms with van der Waals surface area (Å²) in [5, 5.41) is 36.3. The van der Waals surface area contributed by atoms with Crippen LogP contribution < -0.4 is 5.01 Å². The predicted octanol–water partition coefficient (Wildman–Crippen LogP) is 9.32. The van der Waals surface area contributed by atoms with Gasteiger partial charge in [0.2, 0.25) is 0 Å². The number of alkyl halides is 16. The highest BCUT2D eigenvalue weighted by molar-refractivity contribution is 5.96. The molecule has 0 amide bonds. The summed E-state index contributed by atoms with van der Waals surface area (Å²) in [6.45, 7) is 2.25. The van der Waals surface area contributed by atoms with E-state index in [-0.39, 0.29) is 23.2 Å². The lowest BCUT2D eigenvalue weighted by molar-refractivity contribution is -0.385. The molecule has 4 rings (SSSR count). The first-order chi connectivity index (χ1) is 23.7. The van der Waals surface area contributed by atoms with Gasteiger partial charge in [-0.25, -0.2) is 9.69 Å². The van der Waals surface area contributed by atoms with Gasteiger partial charge < -0.3 is 5.11 Å². The Bertz CT molecular complexity index is 1940. The topological polar surface area (TPSA) is 140 Å². The second-order valence-electron chi connectivity index (χ2n) is 10.8. The van der Waals surface area contributed by atoms with Crippen LogP contribution in [0.2, 0.25) is 0 Å². The van der Waals surface area contributed by atoms with Gasteiger partial charge in [-0.15, -0.1) is 0 Å². The van der Waals surface area contributed by atoms with Gasteiger partial charge in [0, 0.05) is 23.3 Å². The maximum Gasteiger partial charge on any atom is 0.459 e. The molecule has 0 bridgehead atoms. The number of hydrogen-bond donors (Lipinski definition) is 1. The molecule has 1 atom stereocenters. The Balaban J connectivity index is 0.000000367. The van der Waals surface area contributed by atoms with Gasteiger partial charge in [0.1, 0.15) is 17.1 Å². The van der Waals surface area contributed by atoms with Crippen molar-refractivity contribution in [2.75, 3.05) is 5.01 Å². The van der Waals surface area contributed by atoms with Crippen molar-refractivity contribution in [2.24, 2.45) is 5.10 Å². The van der Waals surface area contributed by atoms with Crippen LogP contribution in [0.25, 0.3) is 5.69 Å². The van der Waals surface area contributed by atoms with E-state index in [2.05, 4.69) is 10.2 Å². The Morgan fingerprint density at radius 3 is 1.50 bits per heavy atom. The number of rotatable bonds is 6. The number of hydrogen-bond acceptors (Lipinski definition) is 8. The van der Waals surface area contributed by atoms with Gasteiger partial charge in [-0.05, 0) is 44.2 Å². The molecular formula is C27H20F16N6O5. The van der Waals surface area contributed by atoms with Crippen molar-refractivity contribution in [1.82, 2.24) is 9.78 Å². The van der Waals surface area contributed by atoms with Crippen LogP contribution in [0.15, 0.2) is 47.6 Å². The predicted molar refractivity (Wildman–Crippen MR) is 151 cm³/mol. The van der Waals surface area contributed by atoms with Crippen LogP contribution in [0.3, 0.4) is 0 Å². The molecule has 2 aromatic carbocycles. The van der Waals surface area contributed by atoms with Crippen molar-refractivity contribution >= 4 is 22.8 Å². The van der Waals surface area contributed by atoms with Crippen LogP contribution in [0.5, 0.6) is 0 Å². The highest BCUT2D eigenvalue weighted by Gasteiger charge is 2.70. The van der Waals surface area contributed by atoms with Crippen molar-refractivity contribution in [3.8, 4) is 5.69 Å². The maximum absolute atomic E-state index is 13.5. The zero-order chi connectivity index (χ0) is 41.1. The van der Waals surface area contributed by atoms with Crippen LogP contribution >= 0.6 is 0 Å². The van der Waals surface area contributed by atoms with Gasteiger partial charge in [-0.3, -0.25) is 20.2 Å². The number of hydrazone groups is 1. The second kappa shape index (κ2) is 14.2. The largest absolute Gasteiger partial charge is 0.459 e. The molecule has 0 saturated heterocycles. The number of nitro benzene ring substituents is 2. The summed E-state index contributed by atoms with van der Waals surface area (Å²) < 4.78 is 207. The minimum Gasteiger partial charge on any atom is -0.362 e. The fraction of sp³-hybridized carbons (Fsp3) is 0.407.